The lowest BCUT2D eigenvalue weighted by Gasteiger charge is -2.01. The predicted molar refractivity (Wildman–Crippen MR) is 79.2 cm³/mol. The number of carbonyl (C=O) groups excluding carboxylic acids is 1. The molecule has 2 heterocycles. The Labute approximate surface area is 122 Å². The van der Waals surface area contributed by atoms with Crippen molar-refractivity contribution in [1.29, 1.82) is 0 Å². The van der Waals surface area contributed by atoms with Crippen LogP contribution in [0, 0.1) is 5.82 Å². The van der Waals surface area contributed by atoms with Crippen molar-refractivity contribution in [1.82, 2.24) is 9.38 Å². The van der Waals surface area contributed by atoms with E-state index in [2.05, 4.69) is 24.0 Å². The van der Waals surface area contributed by atoms with Crippen LogP contribution < -0.4 is 0 Å². The average Bonchev–Trinajstić information content (AvgIpc) is 2.87. The van der Waals surface area contributed by atoms with Crippen LogP contribution in [0.2, 0.25) is 0 Å². The lowest BCUT2D eigenvalue weighted by atomic mass is 10.1. The highest BCUT2D eigenvalue weighted by atomic mass is 19.1. The molecule has 4 heteroatoms. The van der Waals surface area contributed by atoms with Crippen molar-refractivity contribution in [2.24, 2.45) is 0 Å². The Balaban J connectivity index is 2.03. The van der Waals surface area contributed by atoms with Crippen LogP contribution in [0.25, 0.3) is 5.65 Å². The third-order valence-corrected chi connectivity index (χ3v) is 3.63. The monoisotopic (exact) mass is 282 g/mol. The minimum Gasteiger partial charge on any atom is -0.296 e. The molecule has 3 nitrogen and oxygen atoms in total. The average molecular weight is 282 g/mol. The van der Waals surface area contributed by atoms with Gasteiger partial charge in [0.15, 0.2) is 17.8 Å². The van der Waals surface area contributed by atoms with Crippen LogP contribution in [0.5, 0.6) is 0 Å². The summed E-state index contributed by atoms with van der Waals surface area (Å²) in [4.78, 5) is 15.6. The van der Waals surface area contributed by atoms with E-state index in [0.29, 0.717) is 17.8 Å². The molecule has 0 spiro atoms. The first-order valence-electron chi connectivity index (χ1n) is 6.91. The molecule has 2 aromatic heterocycles. The minimum absolute atomic E-state index is 0.194. The van der Waals surface area contributed by atoms with Gasteiger partial charge in [0.05, 0.1) is 5.69 Å². The van der Waals surface area contributed by atoms with Gasteiger partial charge in [-0.15, -0.1) is 0 Å². The van der Waals surface area contributed by atoms with Crippen LogP contribution >= 0.6 is 0 Å². The number of pyridine rings is 1. The molecule has 21 heavy (non-hydrogen) atoms. The van der Waals surface area contributed by atoms with E-state index in [0.717, 1.165) is 18.3 Å². The fourth-order valence-electron chi connectivity index (χ4n) is 2.44. The molecular formula is C17H15FN2O. The van der Waals surface area contributed by atoms with Gasteiger partial charge < -0.3 is 0 Å². The topological polar surface area (TPSA) is 34.4 Å². The van der Waals surface area contributed by atoms with Gasteiger partial charge in [0.1, 0.15) is 5.69 Å². The van der Waals surface area contributed by atoms with Crippen LogP contribution in [-0.4, -0.2) is 15.7 Å². The summed E-state index contributed by atoms with van der Waals surface area (Å²) >= 11 is 0. The van der Waals surface area contributed by atoms with E-state index in [4.69, 9.17) is 0 Å². The quantitative estimate of drug-likeness (QED) is 0.687. The zero-order chi connectivity index (χ0) is 14.8. The molecule has 0 atom stereocenters. The molecule has 0 unspecified atom stereocenters. The first-order valence-corrected chi connectivity index (χ1v) is 6.91. The second-order valence-electron chi connectivity index (χ2n) is 4.96. The number of rotatable bonds is 4. The number of aryl methyl sites for hydroxylation is 1. The SMILES string of the molecule is CCc1ccc(Cc2nc3c(F)cccn3c2C=O)cc1. The lowest BCUT2D eigenvalue weighted by molar-refractivity contribution is 0.111. The number of halogens is 1. The van der Waals surface area contributed by atoms with Gasteiger partial charge in [-0.05, 0) is 29.7 Å². The van der Waals surface area contributed by atoms with Crippen molar-refractivity contribution in [2.45, 2.75) is 19.8 Å². The molecule has 0 aliphatic rings. The third-order valence-electron chi connectivity index (χ3n) is 3.63. The summed E-state index contributed by atoms with van der Waals surface area (Å²) < 4.78 is 15.3. The summed E-state index contributed by atoms with van der Waals surface area (Å²) in [5.74, 6) is -0.423. The number of imidazole rings is 1. The van der Waals surface area contributed by atoms with Gasteiger partial charge in [-0.1, -0.05) is 31.2 Å². The van der Waals surface area contributed by atoms with E-state index >= 15 is 0 Å². The second kappa shape index (κ2) is 5.48. The van der Waals surface area contributed by atoms with Crippen molar-refractivity contribution in [3.63, 3.8) is 0 Å². The number of benzene rings is 1. The van der Waals surface area contributed by atoms with E-state index in [1.807, 2.05) is 12.1 Å². The van der Waals surface area contributed by atoms with E-state index in [1.54, 1.807) is 12.3 Å². The zero-order valence-corrected chi connectivity index (χ0v) is 11.7. The first-order chi connectivity index (χ1) is 10.2. The Bertz CT molecular complexity index is 790. The molecule has 0 radical (unpaired) electrons. The maximum absolute atomic E-state index is 13.8. The summed E-state index contributed by atoms with van der Waals surface area (Å²) in [6.07, 6.45) is 3.88. The summed E-state index contributed by atoms with van der Waals surface area (Å²) in [6, 6.07) is 11.1. The number of aldehydes is 1. The van der Waals surface area contributed by atoms with E-state index < -0.39 is 5.82 Å². The zero-order valence-electron chi connectivity index (χ0n) is 11.7. The van der Waals surface area contributed by atoms with Crippen LogP contribution in [0.3, 0.4) is 0 Å². The van der Waals surface area contributed by atoms with Crippen molar-refractivity contribution < 1.29 is 9.18 Å². The van der Waals surface area contributed by atoms with Gasteiger partial charge in [-0.3, -0.25) is 9.20 Å². The highest BCUT2D eigenvalue weighted by molar-refractivity contribution is 5.76. The predicted octanol–water partition coefficient (Wildman–Crippen LogP) is 3.44. The molecule has 0 aliphatic heterocycles. The molecular weight excluding hydrogens is 267 g/mol. The van der Waals surface area contributed by atoms with Gasteiger partial charge in [0.25, 0.3) is 0 Å². The number of hydrogen-bond donors (Lipinski definition) is 0. The Kier molecular flexibility index (Phi) is 3.52. The fourth-order valence-corrected chi connectivity index (χ4v) is 2.44. The highest BCUT2D eigenvalue weighted by Crippen LogP contribution is 2.17. The van der Waals surface area contributed by atoms with Gasteiger partial charge in [0.2, 0.25) is 0 Å². The highest BCUT2D eigenvalue weighted by Gasteiger charge is 2.14. The minimum atomic E-state index is -0.423. The fraction of sp³-hybridized carbons (Fsp3) is 0.176. The first kappa shape index (κ1) is 13.5. The lowest BCUT2D eigenvalue weighted by Crippen LogP contribution is -1.96. The molecule has 106 valence electrons. The van der Waals surface area contributed by atoms with Crippen molar-refractivity contribution in [3.8, 4) is 0 Å². The molecule has 3 aromatic rings. The van der Waals surface area contributed by atoms with Gasteiger partial charge in [-0.2, -0.15) is 0 Å². The van der Waals surface area contributed by atoms with Crippen molar-refractivity contribution >= 4 is 11.9 Å². The molecule has 0 amide bonds. The second-order valence-corrected chi connectivity index (χ2v) is 4.96. The smallest absolute Gasteiger partial charge is 0.174 e. The summed E-state index contributed by atoms with van der Waals surface area (Å²) in [5.41, 5.74) is 3.51. The summed E-state index contributed by atoms with van der Waals surface area (Å²) in [5, 5.41) is 0. The Morgan fingerprint density at radius 3 is 2.57 bits per heavy atom. The van der Waals surface area contributed by atoms with Crippen molar-refractivity contribution in [2.75, 3.05) is 0 Å². The van der Waals surface area contributed by atoms with Crippen LogP contribution in [0.4, 0.5) is 4.39 Å². The third kappa shape index (κ3) is 2.44. The van der Waals surface area contributed by atoms with Gasteiger partial charge >= 0.3 is 0 Å². The van der Waals surface area contributed by atoms with Crippen LogP contribution in [-0.2, 0) is 12.8 Å². The number of hydrogen-bond acceptors (Lipinski definition) is 2. The van der Waals surface area contributed by atoms with Crippen molar-refractivity contribution in [3.05, 3.63) is 70.9 Å². The largest absolute Gasteiger partial charge is 0.296 e. The number of nitrogens with zero attached hydrogens (tertiary/aromatic N) is 2. The van der Waals surface area contributed by atoms with Gasteiger partial charge in [-0.25, -0.2) is 9.37 Å². The van der Waals surface area contributed by atoms with E-state index in [-0.39, 0.29) is 5.65 Å². The Morgan fingerprint density at radius 1 is 1.19 bits per heavy atom. The number of aromatic nitrogens is 2. The summed E-state index contributed by atoms with van der Waals surface area (Å²) in [7, 11) is 0. The molecule has 0 aliphatic carbocycles. The Morgan fingerprint density at radius 2 is 1.90 bits per heavy atom. The van der Waals surface area contributed by atoms with Crippen LogP contribution in [0.1, 0.15) is 34.2 Å². The standard InChI is InChI=1S/C17H15FN2O/c1-2-12-5-7-13(8-6-12)10-15-16(11-21)20-9-3-4-14(18)17(20)19-15/h3-9,11H,2,10H2,1H3. The normalized spacial score (nSPS) is 11.0. The maximum Gasteiger partial charge on any atom is 0.174 e. The molecule has 0 N–H and O–H groups in total. The number of carbonyl (C=O) groups is 1. The molecule has 3 rings (SSSR count). The molecule has 0 bridgehead atoms. The van der Waals surface area contributed by atoms with E-state index in [9.17, 15) is 9.18 Å². The van der Waals surface area contributed by atoms with Gasteiger partial charge in [0, 0.05) is 12.6 Å². The van der Waals surface area contributed by atoms with E-state index in [1.165, 1.54) is 16.0 Å². The summed E-state index contributed by atoms with van der Waals surface area (Å²) in [6.45, 7) is 2.10. The van der Waals surface area contributed by atoms with Crippen LogP contribution in [0.15, 0.2) is 42.6 Å². The number of fused-ring (bicyclic) bond motifs is 1. The maximum atomic E-state index is 13.8. The molecule has 0 fully saturated rings. The molecule has 0 saturated heterocycles. The Hall–Kier alpha value is -2.49. The molecule has 1 aromatic carbocycles. The molecule has 0 saturated carbocycles.